The van der Waals surface area contributed by atoms with Gasteiger partial charge in [-0.15, -0.1) is 11.6 Å². The van der Waals surface area contributed by atoms with E-state index in [0.717, 1.165) is 25.1 Å². The van der Waals surface area contributed by atoms with E-state index in [-0.39, 0.29) is 5.91 Å². The average molecular weight is 267 g/mol. The maximum Gasteiger partial charge on any atom is 0.227 e. The third-order valence-corrected chi connectivity index (χ3v) is 3.74. The van der Waals surface area contributed by atoms with Crippen LogP contribution in [0, 0.1) is 0 Å². The summed E-state index contributed by atoms with van der Waals surface area (Å²) in [7, 11) is 3.92. The Bertz CT molecular complexity index is 447. The van der Waals surface area contributed by atoms with Crippen LogP contribution in [0.2, 0.25) is 0 Å². The SMILES string of the molecule is CN(CCCCl)c1ccc2c(c1)CCC(=O)N2C. The zero-order valence-corrected chi connectivity index (χ0v) is 11.7. The number of aryl methyl sites for hydroxylation is 1. The summed E-state index contributed by atoms with van der Waals surface area (Å²) in [6, 6.07) is 6.30. The highest BCUT2D eigenvalue weighted by atomic mass is 35.5. The van der Waals surface area contributed by atoms with Crippen molar-refractivity contribution >= 4 is 28.9 Å². The molecule has 0 saturated carbocycles. The molecule has 0 fully saturated rings. The van der Waals surface area contributed by atoms with E-state index >= 15 is 0 Å². The van der Waals surface area contributed by atoms with E-state index in [1.165, 1.54) is 11.3 Å². The number of fused-ring (bicyclic) bond motifs is 1. The van der Waals surface area contributed by atoms with Gasteiger partial charge in [0, 0.05) is 44.3 Å². The highest BCUT2D eigenvalue weighted by Crippen LogP contribution is 2.30. The number of anilines is 2. The van der Waals surface area contributed by atoms with Crippen LogP contribution >= 0.6 is 11.6 Å². The molecule has 1 aliphatic rings. The lowest BCUT2D eigenvalue weighted by atomic mass is 10.0. The number of rotatable bonds is 4. The first-order chi connectivity index (χ1) is 8.63. The minimum Gasteiger partial charge on any atom is -0.375 e. The van der Waals surface area contributed by atoms with Gasteiger partial charge in [0.1, 0.15) is 0 Å². The number of carbonyl (C=O) groups is 1. The number of nitrogens with zero attached hydrogens (tertiary/aromatic N) is 2. The number of hydrogen-bond donors (Lipinski definition) is 0. The summed E-state index contributed by atoms with van der Waals surface area (Å²) < 4.78 is 0. The lowest BCUT2D eigenvalue weighted by Gasteiger charge is -2.28. The molecule has 0 aliphatic carbocycles. The zero-order chi connectivity index (χ0) is 13.1. The fraction of sp³-hybridized carbons (Fsp3) is 0.500. The molecule has 18 heavy (non-hydrogen) atoms. The number of hydrogen-bond acceptors (Lipinski definition) is 2. The predicted octanol–water partition coefficient (Wildman–Crippen LogP) is 2.66. The molecular formula is C14H19ClN2O. The zero-order valence-electron chi connectivity index (χ0n) is 10.9. The molecule has 0 saturated heterocycles. The van der Waals surface area contributed by atoms with E-state index in [1.54, 1.807) is 4.90 Å². The van der Waals surface area contributed by atoms with Crippen molar-refractivity contribution in [1.82, 2.24) is 0 Å². The summed E-state index contributed by atoms with van der Waals surface area (Å²) in [4.78, 5) is 15.6. The third kappa shape index (κ3) is 2.61. The molecule has 0 spiro atoms. The Hall–Kier alpha value is -1.22. The second-order valence-corrected chi connectivity index (χ2v) is 5.11. The summed E-state index contributed by atoms with van der Waals surface area (Å²) in [5.74, 6) is 0.887. The Balaban J connectivity index is 2.20. The van der Waals surface area contributed by atoms with E-state index < -0.39 is 0 Å². The standard InChI is InChI=1S/C14H19ClN2O/c1-16(9-3-8-15)12-5-6-13-11(10-12)4-7-14(18)17(13)2/h5-6,10H,3-4,7-9H2,1-2H3. The van der Waals surface area contributed by atoms with Gasteiger partial charge in [-0.25, -0.2) is 0 Å². The van der Waals surface area contributed by atoms with Gasteiger partial charge in [0.2, 0.25) is 5.91 Å². The smallest absolute Gasteiger partial charge is 0.227 e. The van der Waals surface area contributed by atoms with Gasteiger partial charge >= 0.3 is 0 Å². The van der Waals surface area contributed by atoms with Gasteiger partial charge in [-0.2, -0.15) is 0 Å². The van der Waals surface area contributed by atoms with Crippen molar-refractivity contribution in [1.29, 1.82) is 0 Å². The summed E-state index contributed by atoms with van der Waals surface area (Å²) in [6.07, 6.45) is 2.43. The monoisotopic (exact) mass is 266 g/mol. The normalized spacial score (nSPS) is 14.6. The molecule has 0 aromatic heterocycles. The predicted molar refractivity (Wildman–Crippen MR) is 76.8 cm³/mol. The largest absolute Gasteiger partial charge is 0.375 e. The van der Waals surface area contributed by atoms with Gasteiger partial charge in [0.25, 0.3) is 0 Å². The van der Waals surface area contributed by atoms with Crippen LogP contribution in [0.25, 0.3) is 0 Å². The molecule has 1 heterocycles. The van der Waals surface area contributed by atoms with Crippen molar-refractivity contribution in [3.8, 4) is 0 Å². The molecule has 3 nitrogen and oxygen atoms in total. The number of carbonyl (C=O) groups excluding carboxylic acids is 1. The molecule has 1 aromatic rings. The highest BCUT2D eigenvalue weighted by molar-refractivity contribution is 6.17. The maximum absolute atomic E-state index is 11.6. The van der Waals surface area contributed by atoms with Gasteiger partial charge in [0.15, 0.2) is 0 Å². The van der Waals surface area contributed by atoms with Gasteiger partial charge in [0.05, 0.1) is 0 Å². The number of amides is 1. The van der Waals surface area contributed by atoms with Crippen molar-refractivity contribution in [2.75, 3.05) is 36.3 Å². The van der Waals surface area contributed by atoms with E-state index in [0.29, 0.717) is 12.3 Å². The second-order valence-electron chi connectivity index (χ2n) is 4.73. The minimum absolute atomic E-state index is 0.200. The third-order valence-electron chi connectivity index (χ3n) is 3.47. The van der Waals surface area contributed by atoms with E-state index in [2.05, 4.69) is 24.1 Å². The first-order valence-electron chi connectivity index (χ1n) is 6.30. The molecular weight excluding hydrogens is 248 g/mol. The summed E-state index contributed by atoms with van der Waals surface area (Å²) in [6.45, 7) is 0.955. The first kappa shape index (κ1) is 13.2. The van der Waals surface area contributed by atoms with Crippen LogP contribution in [0.15, 0.2) is 18.2 Å². The molecule has 1 aromatic carbocycles. The number of halogens is 1. The van der Waals surface area contributed by atoms with E-state index in [4.69, 9.17) is 11.6 Å². The lowest BCUT2D eigenvalue weighted by Crippen LogP contribution is -2.31. The van der Waals surface area contributed by atoms with Crippen LogP contribution in [0.5, 0.6) is 0 Å². The van der Waals surface area contributed by atoms with Crippen molar-refractivity contribution in [2.45, 2.75) is 19.3 Å². The molecule has 0 unspecified atom stereocenters. The van der Waals surface area contributed by atoms with Crippen molar-refractivity contribution in [3.05, 3.63) is 23.8 Å². The Morgan fingerprint density at radius 3 is 2.89 bits per heavy atom. The summed E-state index contributed by atoms with van der Waals surface area (Å²) in [5.41, 5.74) is 3.50. The van der Waals surface area contributed by atoms with Crippen LogP contribution in [0.3, 0.4) is 0 Å². The number of alkyl halides is 1. The Labute approximate surface area is 113 Å². The molecule has 0 bridgehead atoms. The maximum atomic E-state index is 11.6. The van der Waals surface area contributed by atoms with Crippen LogP contribution < -0.4 is 9.80 Å². The minimum atomic E-state index is 0.200. The van der Waals surface area contributed by atoms with Crippen LogP contribution in [-0.2, 0) is 11.2 Å². The van der Waals surface area contributed by atoms with E-state index in [1.807, 2.05) is 13.1 Å². The van der Waals surface area contributed by atoms with Crippen LogP contribution in [-0.4, -0.2) is 32.4 Å². The fourth-order valence-electron chi connectivity index (χ4n) is 2.31. The lowest BCUT2D eigenvalue weighted by molar-refractivity contribution is -0.118. The Morgan fingerprint density at radius 1 is 1.39 bits per heavy atom. The van der Waals surface area contributed by atoms with Crippen molar-refractivity contribution in [3.63, 3.8) is 0 Å². The van der Waals surface area contributed by atoms with Crippen LogP contribution in [0.1, 0.15) is 18.4 Å². The summed E-state index contributed by atoms with van der Waals surface area (Å²) >= 11 is 5.71. The quantitative estimate of drug-likeness (QED) is 0.783. The second kappa shape index (κ2) is 5.61. The molecule has 0 radical (unpaired) electrons. The molecule has 1 aliphatic heterocycles. The van der Waals surface area contributed by atoms with Crippen molar-refractivity contribution in [2.24, 2.45) is 0 Å². The fourth-order valence-corrected chi connectivity index (χ4v) is 2.43. The summed E-state index contributed by atoms with van der Waals surface area (Å²) in [5, 5.41) is 0. The average Bonchev–Trinajstić information content (AvgIpc) is 2.40. The molecule has 1 amide bonds. The first-order valence-corrected chi connectivity index (χ1v) is 6.83. The molecule has 4 heteroatoms. The molecule has 0 atom stereocenters. The molecule has 2 rings (SSSR count). The van der Waals surface area contributed by atoms with Gasteiger partial charge < -0.3 is 9.80 Å². The molecule has 98 valence electrons. The Morgan fingerprint density at radius 2 is 2.17 bits per heavy atom. The topological polar surface area (TPSA) is 23.6 Å². The molecule has 0 N–H and O–H groups in total. The van der Waals surface area contributed by atoms with E-state index in [9.17, 15) is 4.79 Å². The number of benzene rings is 1. The highest BCUT2D eigenvalue weighted by Gasteiger charge is 2.21. The van der Waals surface area contributed by atoms with Gasteiger partial charge in [-0.05, 0) is 36.6 Å². The van der Waals surface area contributed by atoms with Gasteiger partial charge in [-0.3, -0.25) is 4.79 Å². The van der Waals surface area contributed by atoms with Crippen LogP contribution in [0.4, 0.5) is 11.4 Å². The van der Waals surface area contributed by atoms with Crippen molar-refractivity contribution < 1.29 is 4.79 Å². The van der Waals surface area contributed by atoms with Gasteiger partial charge in [-0.1, -0.05) is 0 Å². The Kier molecular flexibility index (Phi) is 4.12.